The molecule has 2 aliphatic heterocycles. The lowest BCUT2D eigenvalue weighted by Gasteiger charge is -2.34. The van der Waals surface area contributed by atoms with Gasteiger partial charge in [0, 0.05) is 25.2 Å². The van der Waals surface area contributed by atoms with Crippen LogP contribution in [0.3, 0.4) is 0 Å². The number of fused-ring (bicyclic) bond motifs is 1. The fraction of sp³-hybridized carbons (Fsp3) is 0.471. The topological polar surface area (TPSA) is 77.9 Å². The van der Waals surface area contributed by atoms with E-state index >= 15 is 0 Å². The van der Waals surface area contributed by atoms with Crippen molar-refractivity contribution in [3.63, 3.8) is 0 Å². The van der Waals surface area contributed by atoms with Crippen LogP contribution in [0.2, 0.25) is 0 Å². The molecule has 0 aliphatic carbocycles. The van der Waals surface area contributed by atoms with Crippen LogP contribution in [-0.4, -0.2) is 47.4 Å². The first-order chi connectivity index (χ1) is 11.1. The summed E-state index contributed by atoms with van der Waals surface area (Å²) in [7, 11) is 0. The van der Waals surface area contributed by atoms with Gasteiger partial charge in [0.2, 0.25) is 11.8 Å². The van der Waals surface area contributed by atoms with E-state index in [1.165, 1.54) is 4.90 Å². The van der Waals surface area contributed by atoms with E-state index in [0.717, 1.165) is 11.3 Å². The number of carbonyl (C=O) groups excluding carboxylic acids is 2. The fourth-order valence-electron chi connectivity index (χ4n) is 3.31. The van der Waals surface area contributed by atoms with Gasteiger partial charge in [0.1, 0.15) is 6.54 Å². The van der Waals surface area contributed by atoms with Crippen LogP contribution >= 0.6 is 0 Å². The SMILES string of the molecule is O=C(O)C1CCCN(C(=O)CN2C(=O)CCc3ccccc32)C1. The van der Waals surface area contributed by atoms with Crippen LogP contribution in [0.15, 0.2) is 24.3 Å². The lowest BCUT2D eigenvalue weighted by atomic mass is 9.98. The number of nitrogens with zero attached hydrogens (tertiary/aromatic N) is 2. The fourth-order valence-corrected chi connectivity index (χ4v) is 3.31. The lowest BCUT2D eigenvalue weighted by molar-refractivity contribution is -0.145. The number of aliphatic carboxylic acids is 1. The summed E-state index contributed by atoms with van der Waals surface area (Å²) in [5, 5.41) is 9.13. The van der Waals surface area contributed by atoms with Crippen LogP contribution in [0.4, 0.5) is 5.69 Å². The summed E-state index contributed by atoms with van der Waals surface area (Å²) in [6.45, 7) is 0.784. The smallest absolute Gasteiger partial charge is 0.308 e. The molecule has 122 valence electrons. The van der Waals surface area contributed by atoms with Crippen molar-refractivity contribution in [1.29, 1.82) is 0 Å². The van der Waals surface area contributed by atoms with E-state index in [2.05, 4.69) is 0 Å². The molecule has 2 heterocycles. The van der Waals surface area contributed by atoms with Crippen molar-refractivity contribution in [2.24, 2.45) is 5.92 Å². The lowest BCUT2D eigenvalue weighted by Crippen LogP contribution is -2.48. The Morgan fingerprint density at radius 1 is 1.22 bits per heavy atom. The molecule has 0 radical (unpaired) electrons. The Balaban J connectivity index is 1.72. The van der Waals surface area contributed by atoms with E-state index in [1.54, 1.807) is 4.90 Å². The normalized spacial score (nSPS) is 21.0. The number of benzene rings is 1. The largest absolute Gasteiger partial charge is 0.481 e. The van der Waals surface area contributed by atoms with E-state index in [0.29, 0.717) is 32.2 Å². The molecule has 23 heavy (non-hydrogen) atoms. The Morgan fingerprint density at radius 2 is 2.00 bits per heavy atom. The summed E-state index contributed by atoms with van der Waals surface area (Å²) in [6, 6.07) is 7.61. The number of aryl methyl sites for hydroxylation is 1. The number of likely N-dealkylation sites (tertiary alicyclic amines) is 1. The maximum Gasteiger partial charge on any atom is 0.308 e. The molecule has 1 N–H and O–H groups in total. The van der Waals surface area contributed by atoms with Crippen LogP contribution in [0.5, 0.6) is 0 Å². The van der Waals surface area contributed by atoms with Gasteiger partial charge in [-0.15, -0.1) is 0 Å². The van der Waals surface area contributed by atoms with Crippen LogP contribution in [0.25, 0.3) is 0 Å². The van der Waals surface area contributed by atoms with Crippen LogP contribution < -0.4 is 4.90 Å². The van der Waals surface area contributed by atoms with E-state index in [-0.39, 0.29) is 24.9 Å². The molecule has 6 nitrogen and oxygen atoms in total. The van der Waals surface area contributed by atoms with Gasteiger partial charge in [-0.1, -0.05) is 18.2 Å². The van der Waals surface area contributed by atoms with Crippen molar-refractivity contribution in [3.05, 3.63) is 29.8 Å². The van der Waals surface area contributed by atoms with Gasteiger partial charge in [-0.25, -0.2) is 0 Å². The molecule has 0 saturated carbocycles. The second-order valence-electron chi connectivity index (χ2n) is 6.13. The molecule has 1 aromatic rings. The van der Waals surface area contributed by atoms with Gasteiger partial charge in [0.15, 0.2) is 0 Å². The Labute approximate surface area is 134 Å². The summed E-state index contributed by atoms with van der Waals surface area (Å²) < 4.78 is 0. The van der Waals surface area contributed by atoms with E-state index in [9.17, 15) is 14.4 Å². The van der Waals surface area contributed by atoms with E-state index < -0.39 is 11.9 Å². The van der Waals surface area contributed by atoms with E-state index in [4.69, 9.17) is 5.11 Å². The average Bonchev–Trinajstić information content (AvgIpc) is 2.57. The number of amides is 2. The Hall–Kier alpha value is -2.37. The number of carboxylic acid groups (broad SMARTS) is 1. The molecular weight excluding hydrogens is 296 g/mol. The standard InChI is InChI=1S/C17H20N2O4/c20-15-8-7-12-4-1-2-6-14(12)19(15)11-16(21)18-9-3-5-13(10-18)17(22)23/h1-2,4,6,13H,3,5,7-11H2,(H,22,23). The van der Waals surface area contributed by atoms with Crippen LogP contribution in [0.1, 0.15) is 24.8 Å². The van der Waals surface area contributed by atoms with Crippen molar-refractivity contribution >= 4 is 23.5 Å². The van der Waals surface area contributed by atoms with Crippen molar-refractivity contribution in [1.82, 2.24) is 4.90 Å². The number of rotatable bonds is 3. The molecule has 0 aromatic heterocycles. The van der Waals surface area contributed by atoms with Gasteiger partial charge >= 0.3 is 5.97 Å². The zero-order valence-corrected chi connectivity index (χ0v) is 12.9. The molecular formula is C17H20N2O4. The average molecular weight is 316 g/mol. The molecule has 2 aliphatic rings. The number of para-hydroxylation sites is 1. The molecule has 1 saturated heterocycles. The quantitative estimate of drug-likeness (QED) is 0.911. The molecule has 3 rings (SSSR count). The third-order valence-electron chi connectivity index (χ3n) is 4.61. The summed E-state index contributed by atoms with van der Waals surface area (Å²) in [5.74, 6) is -1.59. The first kappa shape index (κ1) is 15.5. The van der Waals surface area contributed by atoms with Gasteiger partial charge in [0.05, 0.1) is 5.92 Å². The Bertz CT molecular complexity index is 643. The summed E-state index contributed by atoms with van der Waals surface area (Å²) in [6.07, 6.45) is 2.39. The van der Waals surface area contributed by atoms with Gasteiger partial charge in [0.25, 0.3) is 0 Å². The molecule has 0 spiro atoms. The Morgan fingerprint density at radius 3 is 2.78 bits per heavy atom. The minimum Gasteiger partial charge on any atom is -0.481 e. The number of hydrogen-bond donors (Lipinski definition) is 1. The minimum absolute atomic E-state index is 0.0117. The molecule has 1 aromatic carbocycles. The summed E-state index contributed by atoms with van der Waals surface area (Å²) in [4.78, 5) is 39.0. The molecule has 6 heteroatoms. The molecule has 0 bridgehead atoms. The highest BCUT2D eigenvalue weighted by Gasteiger charge is 2.31. The molecule has 1 fully saturated rings. The zero-order chi connectivity index (χ0) is 16.4. The van der Waals surface area contributed by atoms with Gasteiger partial charge < -0.3 is 14.9 Å². The number of carbonyl (C=O) groups is 3. The second-order valence-corrected chi connectivity index (χ2v) is 6.13. The van der Waals surface area contributed by atoms with E-state index in [1.807, 2.05) is 24.3 Å². The maximum atomic E-state index is 12.5. The summed E-state index contributed by atoms with van der Waals surface area (Å²) >= 11 is 0. The van der Waals surface area contributed by atoms with Crippen molar-refractivity contribution in [2.75, 3.05) is 24.5 Å². The van der Waals surface area contributed by atoms with Crippen molar-refractivity contribution in [3.8, 4) is 0 Å². The maximum absolute atomic E-state index is 12.5. The highest BCUT2D eigenvalue weighted by Crippen LogP contribution is 2.27. The van der Waals surface area contributed by atoms with Crippen molar-refractivity contribution < 1.29 is 19.5 Å². The number of piperidine rings is 1. The number of carboxylic acids is 1. The number of anilines is 1. The van der Waals surface area contributed by atoms with Gasteiger partial charge in [-0.2, -0.15) is 0 Å². The summed E-state index contributed by atoms with van der Waals surface area (Å²) in [5.41, 5.74) is 1.87. The molecule has 1 atom stereocenters. The van der Waals surface area contributed by atoms with Crippen LogP contribution in [0, 0.1) is 5.92 Å². The monoisotopic (exact) mass is 316 g/mol. The first-order valence-electron chi connectivity index (χ1n) is 7.95. The van der Waals surface area contributed by atoms with Crippen LogP contribution in [-0.2, 0) is 20.8 Å². The highest BCUT2D eigenvalue weighted by molar-refractivity contribution is 6.01. The predicted molar refractivity (Wildman–Crippen MR) is 84.1 cm³/mol. The highest BCUT2D eigenvalue weighted by atomic mass is 16.4. The molecule has 1 unspecified atom stereocenters. The minimum atomic E-state index is -0.859. The number of hydrogen-bond acceptors (Lipinski definition) is 3. The third-order valence-corrected chi connectivity index (χ3v) is 4.61. The first-order valence-corrected chi connectivity index (χ1v) is 7.95. The van der Waals surface area contributed by atoms with Gasteiger partial charge in [-0.3, -0.25) is 14.4 Å². The van der Waals surface area contributed by atoms with Gasteiger partial charge in [-0.05, 0) is 30.9 Å². The zero-order valence-electron chi connectivity index (χ0n) is 12.9. The molecule has 2 amide bonds. The predicted octanol–water partition coefficient (Wildman–Crippen LogP) is 1.29. The van der Waals surface area contributed by atoms with Crippen molar-refractivity contribution in [2.45, 2.75) is 25.7 Å². The second kappa shape index (κ2) is 6.40. The Kier molecular flexibility index (Phi) is 4.32. The third kappa shape index (κ3) is 3.21.